The van der Waals surface area contributed by atoms with Crippen LogP contribution in [0.1, 0.15) is 53.4 Å². The van der Waals surface area contributed by atoms with E-state index < -0.39 is 0 Å². The van der Waals surface area contributed by atoms with Gasteiger partial charge in [-0.1, -0.05) is 5.57 Å². The molecular formula is C16H26O4. The molecular weight excluding hydrogens is 256 g/mol. The predicted octanol–water partition coefficient (Wildman–Crippen LogP) is 3.05. The molecule has 0 N–H and O–H groups in total. The maximum absolute atomic E-state index is 11.7. The van der Waals surface area contributed by atoms with Crippen LogP contribution >= 0.6 is 0 Å². The highest BCUT2D eigenvalue weighted by Gasteiger charge is 2.26. The molecule has 20 heavy (non-hydrogen) atoms. The molecule has 0 aromatic carbocycles. The summed E-state index contributed by atoms with van der Waals surface area (Å²) in [4.78, 5) is 22.9. The van der Waals surface area contributed by atoms with Crippen LogP contribution in [0.3, 0.4) is 0 Å². The van der Waals surface area contributed by atoms with Crippen molar-refractivity contribution in [3.05, 3.63) is 11.1 Å². The van der Waals surface area contributed by atoms with Gasteiger partial charge in [0.1, 0.15) is 6.29 Å². The van der Waals surface area contributed by atoms with Crippen LogP contribution in [-0.2, 0) is 19.1 Å². The quantitative estimate of drug-likeness (QED) is 0.442. The van der Waals surface area contributed by atoms with Crippen LogP contribution in [0.2, 0.25) is 0 Å². The first kappa shape index (κ1) is 16.9. The van der Waals surface area contributed by atoms with Gasteiger partial charge < -0.3 is 9.47 Å². The van der Waals surface area contributed by atoms with E-state index in [9.17, 15) is 9.59 Å². The first-order valence-corrected chi connectivity index (χ1v) is 7.34. The lowest BCUT2D eigenvalue weighted by Crippen LogP contribution is -2.24. The molecule has 0 aromatic rings. The summed E-state index contributed by atoms with van der Waals surface area (Å²) >= 11 is 0. The Morgan fingerprint density at radius 2 is 1.90 bits per heavy atom. The number of rotatable bonds is 5. The zero-order valence-electron chi connectivity index (χ0n) is 13.0. The molecule has 0 aliphatic heterocycles. The standard InChI is InChI=1S/C16H26O4/c1-5-19-15(18)13-8-6-12(7-9-13)14(10-17)11-20-16(2,3)4/h10,13H,5-9,11H2,1-4H3. The monoisotopic (exact) mass is 282 g/mol. The van der Waals surface area contributed by atoms with Gasteiger partial charge in [0.15, 0.2) is 0 Å². The Labute approximate surface area is 121 Å². The average molecular weight is 282 g/mol. The van der Waals surface area contributed by atoms with E-state index in [4.69, 9.17) is 9.47 Å². The number of hydrogen-bond acceptors (Lipinski definition) is 4. The van der Waals surface area contributed by atoms with Crippen LogP contribution in [-0.4, -0.2) is 31.1 Å². The van der Waals surface area contributed by atoms with Gasteiger partial charge in [-0.15, -0.1) is 0 Å². The van der Waals surface area contributed by atoms with Crippen molar-refractivity contribution in [1.29, 1.82) is 0 Å². The molecule has 0 amide bonds. The fourth-order valence-electron chi connectivity index (χ4n) is 2.30. The largest absolute Gasteiger partial charge is 0.466 e. The summed E-state index contributed by atoms with van der Waals surface area (Å²) in [6.07, 6.45) is 3.99. The molecule has 0 saturated heterocycles. The third-order valence-corrected chi connectivity index (χ3v) is 3.47. The highest BCUT2D eigenvalue weighted by Crippen LogP contribution is 2.31. The maximum Gasteiger partial charge on any atom is 0.308 e. The molecule has 0 heterocycles. The van der Waals surface area contributed by atoms with Crippen molar-refractivity contribution in [2.45, 2.75) is 59.0 Å². The molecule has 4 heteroatoms. The number of hydrogen-bond donors (Lipinski definition) is 0. The number of carbonyl (C=O) groups is 2. The van der Waals surface area contributed by atoms with Gasteiger partial charge in [-0.05, 0) is 53.4 Å². The first-order chi connectivity index (χ1) is 9.37. The van der Waals surface area contributed by atoms with Gasteiger partial charge >= 0.3 is 5.97 Å². The van der Waals surface area contributed by atoms with Gasteiger partial charge in [-0.25, -0.2) is 0 Å². The fourth-order valence-corrected chi connectivity index (χ4v) is 2.30. The minimum Gasteiger partial charge on any atom is -0.466 e. The van der Waals surface area contributed by atoms with E-state index in [-0.39, 0.29) is 17.5 Å². The van der Waals surface area contributed by atoms with E-state index in [1.165, 1.54) is 0 Å². The predicted molar refractivity (Wildman–Crippen MR) is 77.4 cm³/mol. The van der Waals surface area contributed by atoms with E-state index in [1.807, 2.05) is 27.7 Å². The van der Waals surface area contributed by atoms with Gasteiger partial charge in [-0.2, -0.15) is 0 Å². The summed E-state index contributed by atoms with van der Waals surface area (Å²) in [5, 5.41) is 0. The van der Waals surface area contributed by atoms with Crippen molar-refractivity contribution >= 4 is 12.3 Å². The summed E-state index contributed by atoms with van der Waals surface area (Å²) in [5.41, 5.74) is 1.61. The number of carbonyl (C=O) groups excluding carboxylic acids is 2. The Bertz CT molecular complexity index is 366. The molecule has 1 aliphatic rings. The van der Waals surface area contributed by atoms with E-state index in [1.54, 1.807) is 0 Å². The van der Waals surface area contributed by atoms with E-state index in [0.717, 1.165) is 43.1 Å². The summed E-state index contributed by atoms with van der Waals surface area (Å²) in [6.45, 7) is 8.51. The highest BCUT2D eigenvalue weighted by molar-refractivity contribution is 5.76. The van der Waals surface area contributed by atoms with E-state index in [0.29, 0.717) is 13.2 Å². The van der Waals surface area contributed by atoms with Crippen LogP contribution < -0.4 is 0 Å². The molecule has 0 spiro atoms. The zero-order valence-corrected chi connectivity index (χ0v) is 13.0. The van der Waals surface area contributed by atoms with Gasteiger partial charge in [0.05, 0.1) is 24.7 Å². The molecule has 1 saturated carbocycles. The zero-order chi connectivity index (χ0) is 15.2. The van der Waals surface area contributed by atoms with Crippen molar-refractivity contribution in [2.24, 2.45) is 5.92 Å². The third kappa shape index (κ3) is 5.45. The normalized spacial score (nSPS) is 19.6. The Balaban J connectivity index is 2.58. The third-order valence-electron chi connectivity index (χ3n) is 3.47. The van der Waals surface area contributed by atoms with E-state index >= 15 is 0 Å². The van der Waals surface area contributed by atoms with Gasteiger partial charge in [-0.3, -0.25) is 9.59 Å². The smallest absolute Gasteiger partial charge is 0.308 e. The van der Waals surface area contributed by atoms with Crippen LogP contribution in [0, 0.1) is 5.92 Å². The highest BCUT2D eigenvalue weighted by atomic mass is 16.5. The number of allylic oxidation sites excluding steroid dienone is 1. The van der Waals surface area contributed by atoms with Gasteiger partial charge in [0.2, 0.25) is 0 Å². The molecule has 0 unspecified atom stereocenters. The second-order valence-corrected chi connectivity index (χ2v) is 6.17. The van der Waals surface area contributed by atoms with Crippen molar-refractivity contribution in [1.82, 2.24) is 0 Å². The summed E-state index contributed by atoms with van der Waals surface area (Å²) < 4.78 is 10.7. The molecule has 0 aromatic heterocycles. The Morgan fingerprint density at radius 3 is 2.35 bits per heavy atom. The van der Waals surface area contributed by atoms with Crippen LogP contribution in [0.25, 0.3) is 0 Å². The molecule has 1 fully saturated rings. The first-order valence-electron chi connectivity index (χ1n) is 7.34. The number of esters is 1. The van der Waals surface area contributed by atoms with Gasteiger partial charge in [0.25, 0.3) is 0 Å². The molecule has 0 radical (unpaired) electrons. The molecule has 1 rings (SSSR count). The minimum atomic E-state index is -0.253. The SMILES string of the molecule is CCOC(=O)C1CCC(=C(C=O)COC(C)(C)C)CC1. The number of ether oxygens (including phenoxy) is 2. The molecule has 1 aliphatic carbocycles. The van der Waals surface area contributed by atoms with Crippen molar-refractivity contribution in [3.63, 3.8) is 0 Å². The molecule has 0 bridgehead atoms. The fraction of sp³-hybridized carbons (Fsp3) is 0.750. The molecule has 4 nitrogen and oxygen atoms in total. The molecule has 0 atom stereocenters. The van der Waals surface area contributed by atoms with Crippen LogP contribution in [0.15, 0.2) is 11.1 Å². The maximum atomic E-state index is 11.7. The number of aldehydes is 1. The van der Waals surface area contributed by atoms with Crippen molar-refractivity contribution < 1.29 is 19.1 Å². The summed E-state index contributed by atoms with van der Waals surface area (Å²) in [7, 11) is 0. The summed E-state index contributed by atoms with van der Waals surface area (Å²) in [6, 6.07) is 0. The lowest BCUT2D eigenvalue weighted by atomic mass is 9.84. The van der Waals surface area contributed by atoms with Gasteiger partial charge in [0, 0.05) is 5.57 Å². The van der Waals surface area contributed by atoms with Crippen LogP contribution in [0.5, 0.6) is 0 Å². The molecule has 114 valence electrons. The van der Waals surface area contributed by atoms with Crippen LogP contribution in [0.4, 0.5) is 0 Å². The Kier molecular flexibility index (Phi) is 6.40. The minimum absolute atomic E-state index is 0.0184. The second kappa shape index (κ2) is 7.58. The average Bonchev–Trinajstić information content (AvgIpc) is 2.39. The topological polar surface area (TPSA) is 52.6 Å². The lowest BCUT2D eigenvalue weighted by Gasteiger charge is -2.25. The Morgan fingerprint density at radius 1 is 1.30 bits per heavy atom. The lowest BCUT2D eigenvalue weighted by molar-refractivity contribution is -0.148. The van der Waals surface area contributed by atoms with Crippen molar-refractivity contribution in [2.75, 3.05) is 13.2 Å². The summed E-state index contributed by atoms with van der Waals surface area (Å²) in [5.74, 6) is -0.125. The van der Waals surface area contributed by atoms with Crippen molar-refractivity contribution in [3.8, 4) is 0 Å². The second-order valence-electron chi connectivity index (χ2n) is 6.17. The Hall–Kier alpha value is -1.16. The van der Waals surface area contributed by atoms with E-state index in [2.05, 4.69) is 0 Å².